The number of thiophene rings is 1. The number of rotatable bonds is 0. The largest absolute Gasteiger partial charge is 0.278 e. The van der Waals surface area contributed by atoms with Crippen LogP contribution in [0.4, 0.5) is 0 Å². The summed E-state index contributed by atoms with van der Waals surface area (Å²) in [5, 5.41) is 9.92. The van der Waals surface area contributed by atoms with Gasteiger partial charge in [0.25, 0.3) is 0 Å². The van der Waals surface area contributed by atoms with Crippen molar-refractivity contribution >= 4 is 32.5 Å². The maximum Gasteiger partial charge on any atom is 0.116 e. The molecule has 0 radical (unpaired) electrons. The molecule has 0 fully saturated rings. The first-order chi connectivity index (χ1) is 8.93. The van der Waals surface area contributed by atoms with E-state index in [1.165, 1.54) is 0 Å². The number of aromatic nitrogens is 4. The van der Waals surface area contributed by atoms with Crippen molar-refractivity contribution in [2.24, 2.45) is 0 Å². The molecule has 0 aliphatic carbocycles. The lowest BCUT2D eigenvalue weighted by Gasteiger charge is -1.81. The van der Waals surface area contributed by atoms with Crippen molar-refractivity contribution in [2.45, 2.75) is 0 Å². The van der Waals surface area contributed by atoms with Crippen LogP contribution in [0.5, 0.6) is 0 Å². The van der Waals surface area contributed by atoms with Crippen molar-refractivity contribution < 1.29 is 0 Å². The highest BCUT2D eigenvalue weighted by molar-refractivity contribution is 7.17. The smallest absolute Gasteiger partial charge is 0.116 e. The van der Waals surface area contributed by atoms with Crippen LogP contribution < -0.4 is 0 Å². The Balaban J connectivity index is 0.000000111. The first kappa shape index (κ1) is 10.9. The van der Waals surface area contributed by atoms with Gasteiger partial charge in [0, 0.05) is 11.6 Å². The second kappa shape index (κ2) is 4.93. The summed E-state index contributed by atoms with van der Waals surface area (Å²) in [6.07, 6.45) is 5.21. The first-order valence-corrected chi connectivity index (χ1v) is 6.33. The lowest BCUT2D eigenvalue weighted by Crippen LogP contribution is -1.72. The van der Waals surface area contributed by atoms with Crippen LogP contribution in [0.2, 0.25) is 0 Å². The third kappa shape index (κ3) is 2.21. The summed E-state index contributed by atoms with van der Waals surface area (Å²) < 4.78 is 1.15. The van der Waals surface area contributed by atoms with Crippen molar-refractivity contribution in [2.75, 3.05) is 0 Å². The number of hydrogen-bond acceptors (Lipinski definition) is 4. The molecule has 0 spiro atoms. The predicted molar refractivity (Wildman–Crippen MR) is 73.5 cm³/mol. The molecule has 0 unspecified atom stereocenters. The highest BCUT2D eigenvalue weighted by Crippen LogP contribution is 2.15. The summed E-state index contributed by atoms with van der Waals surface area (Å²) in [5.74, 6) is 0. The van der Waals surface area contributed by atoms with E-state index < -0.39 is 0 Å². The second-order valence-corrected chi connectivity index (χ2v) is 4.60. The molecule has 3 heterocycles. The highest BCUT2D eigenvalue weighted by atomic mass is 32.1. The minimum atomic E-state index is 1.04. The number of nitrogens with one attached hydrogen (secondary N) is 1. The maximum atomic E-state index is 4.04. The minimum Gasteiger partial charge on any atom is -0.278 e. The summed E-state index contributed by atoms with van der Waals surface area (Å²) in [6, 6.07) is 10.0. The van der Waals surface area contributed by atoms with Crippen LogP contribution in [0.25, 0.3) is 21.1 Å². The van der Waals surface area contributed by atoms with Crippen LogP contribution in [-0.4, -0.2) is 20.2 Å². The monoisotopic (exact) mass is 254 g/mol. The molecule has 0 aliphatic rings. The molecule has 4 nitrogen and oxygen atoms in total. The molecule has 4 rings (SSSR count). The van der Waals surface area contributed by atoms with Crippen molar-refractivity contribution in [3.8, 4) is 0 Å². The van der Waals surface area contributed by atoms with Crippen LogP contribution in [0.15, 0.2) is 54.4 Å². The predicted octanol–water partition coefficient (Wildman–Crippen LogP) is 3.25. The summed E-state index contributed by atoms with van der Waals surface area (Å²) >= 11 is 1.66. The molecule has 4 aromatic rings. The average molecular weight is 254 g/mol. The zero-order chi connectivity index (χ0) is 12.2. The molecule has 0 saturated heterocycles. The molecule has 88 valence electrons. The fourth-order valence-electron chi connectivity index (χ4n) is 1.60. The minimum absolute atomic E-state index is 1.04. The van der Waals surface area contributed by atoms with E-state index in [9.17, 15) is 0 Å². The SMILES string of the molecule is c1ccc2[nH]ncc2c1.c1ncc2sccc2n1. The van der Waals surface area contributed by atoms with Gasteiger partial charge in [-0.15, -0.1) is 11.3 Å². The topological polar surface area (TPSA) is 54.5 Å². The molecule has 0 atom stereocenters. The summed E-state index contributed by atoms with van der Waals surface area (Å²) in [4.78, 5) is 7.92. The number of H-pyrrole nitrogens is 1. The Morgan fingerprint density at radius 2 is 2.00 bits per heavy atom. The quantitative estimate of drug-likeness (QED) is 0.524. The molecule has 0 amide bonds. The Morgan fingerprint density at radius 1 is 1.06 bits per heavy atom. The van der Waals surface area contributed by atoms with Crippen molar-refractivity contribution in [3.63, 3.8) is 0 Å². The van der Waals surface area contributed by atoms with Crippen LogP contribution in [0.3, 0.4) is 0 Å². The number of nitrogens with zero attached hydrogens (tertiary/aromatic N) is 3. The van der Waals surface area contributed by atoms with Crippen molar-refractivity contribution in [3.05, 3.63) is 54.4 Å². The Kier molecular flexibility index (Phi) is 2.97. The molecule has 5 heteroatoms. The summed E-state index contributed by atoms with van der Waals surface area (Å²) in [6.45, 7) is 0. The van der Waals surface area contributed by atoms with Gasteiger partial charge in [-0.3, -0.25) is 5.10 Å². The fraction of sp³-hybridized carbons (Fsp3) is 0. The second-order valence-electron chi connectivity index (χ2n) is 3.65. The van der Waals surface area contributed by atoms with Gasteiger partial charge in [0.15, 0.2) is 0 Å². The molecule has 3 aromatic heterocycles. The van der Waals surface area contributed by atoms with Gasteiger partial charge < -0.3 is 0 Å². The van der Waals surface area contributed by atoms with E-state index in [1.54, 1.807) is 17.7 Å². The van der Waals surface area contributed by atoms with Gasteiger partial charge >= 0.3 is 0 Å². The van der Waals surface area contributed by atoms with Crippen LogP contribution in [0.1, 0.15) is 0 Å². The van der Waals surface area contributed by atoms with Gasteiger partial charge in [0.1, 0.15) is 6.33 Å². The van der Waals surface area contributed by atoms with E-state index in [0.29, 0.717) is 0 Å². The van der Waals surface area contributed by atoms with E-state index in [4.69, 9.17) is 0 Å². The Bertz CT molecular complexity index is 633. The Morgan fingerprint density at radius 3 is 2.89 bits per heavy atom. The first-order valence-electron chi connectivity index (χ1n) is 5.45. The van der Waals surface area contributed by atoms with E-state index in [2.05, 4.69) is 20.2 Å². The van der Waals surface area contributed by atoms with Crippen LogP contribution in [0, 0.1) is 0 Å². The number of hydrogen-bond donors (Lipinski definition) is 1. The molecule has 1 aromatic carbocycles. The summed E-state index contributed by atoms with van der Waals surface area (Å²) in [5.41, 5.74) is 2.13. The Hall–Kier alpha value is -2.27. The van der Waals surface area contributed by atoms with Gasteiger partial charge in [-0.05, 0) is 17.5 Å². The van der Waals surface area contributed by atoms with E-state index >= 15 is 0 Å². The molecular formula is C13H10N4S. The molecule has 18 heavy (non-hydrogen) atoms. The van der Waals surface area contributed by atoms with E-state index in [1.807, 2.05) is 48.1 Å². The molecular weight excluding hydrogens is 244 g/mol. The highest BCUT2D eigenvalue weighted by Gasteiger charge is 1.90. The van der Waals surface area contributed by atoms with E-state index in [0.717, 1.165) is 21.1 Å². The zero-order valence-electron chi connectivity index (χ0n) is 9.45. The molecule has 0 aliphatic heterocycles. The van der Waals surface area contributed by atoms with E-state index in [-0.39, 0.29) is 0 Å². The van der Waals surface area contributed by atoms with Crippen molar-refractivity contribution in [1.29, 1.82) is 0 Å². The van der Waals surface area contributed by atoms with Crippen LogP contribution in [-0.2, 0) is 0 Å². The van der Waals surface area contributed by atoms with Gasteiger partial charge in [-0.25, -0.2) is 9.97 Å². The normalized spacial score (nSPS) is 10.2. The van der Waals surface area contributed by atoms with Gasteiger partial charge in [-0.1, -0.05) is 18.2 Å². The number of fused-ring (bicyclic) bond motifs is 2. The van der Waals surface area contributed by atoms with Crippen LogP contribution >= 0.6 is 11.3 Å². The number of benzene rings is 1. The molecule has 1 N–H and O–H groups in total. The fourth-order valence-corrected chi connectivity index (χ4v) is 2.30. The lowest BCUT2D eigenvalue weighted by molar-refractivity contribution is 1.12. The maximum absolute atomic E-state index is 4.04. The molecule has 0 bridgehead atoms. The van der Waals surface area contributed by atoms with Gasteiger partial charge in [0.05, 0.1) is 21.9 Å². The molecule has 0 saturated carbocycles. The third-order valence-electron chi connectivity index (χ3n) is 2.48. The zero-order valence-corrected chi connectivity index (χ0v) is 10.3. The number of para-hydroxylation sites is 1. The average Bonchev–Trinajstić information content (AvgIpc) is 3.08. The summed E-state index contributed by atoms with van der Waals surface area (Å²) in [7, 11) is 0. The third-order valence-corrected chi connectivity index (χ3v) is 3.32. The van der Waals surface area contributed by atoms with Gasteiger partial charge in [-0.2, -0.15) is 5.10 Å². The lowest BCUT2D eigenvalue weighted by atomic mass is 10.3. The number of aromatic amines is 1. The standard InChI is InChI=1S/C7H6N2.C6H4N2S/c1-2-4-7-6(3-1)5-8-9-7;1-2-9-6-3-7-4-8-5(1)6/h1-5H,(H,8,9);1-4H. The Labute approximate surface area is 107 Å². The van der Waals surface area contributed by atoms with Gasteiger partial charge in [0.2, 0.25) is 0 Å². The van der Waals surface area contributed by atoms with Crippen molar-refractivity contribution in [1.82, 2.24) is 20.2 Å².